The maximum atomic E-state index is 10.2. The Morgan fingerprint density at radius 2 is 1.91 bits per heavy atom. The summed E-state index contributed by atoms with van der Waals surface area (Å²) >= 11 is 0. The van der Waals surface area contributed by atoms with Crippen LogP contribution in [0.1, 0.15) is 62.9 Å². The molecule has 9 heteroatoms. The van der Waals surface area contributed by atoms with Crippen LogP contribution in [0.4, 0.5) is 11.5 Å². The second-order valence-corrected chi connectivity index (χ2v) is 8.93. The zero-order valence-corrected chi connectivity index (χ0v) is 18.4. The molecular formula is C23H28N6O3. The van der Waals surface area contributed by atoms with Crippen LogP contribution < -0.4 is 10.1 Å². The van der Waals surface area contributed by atoms with Gasteiger partial charge in [0.2, 0.25) is 11.8 Å². The van der Waals surface area contributed by atoms with Gasteiger partial charge in [0.05, 0.1) is 17.4 Å². The lowest BCUT2D eigenvalue weighted by molar-refractivity contribution is 0.0641. The molecule has 168 valence electrons. The number of nitrogens with zero attached hydrogens (tertiary/aromatic N) is 5. The average molecular weight is 437 g/mol. The zero-order valence-electron chi connectivity index (χ0n) is 18.4. The second-order valence-electron chi connectivity index (χ2n) is 8.93. The van der Waals surface area contributed by atoms with E-state index in [0.717, 1.165) is 37.4 Å². The Hall–Kier alpha value is -3.04. The van der Waals surface area contributed by atoms with E-state index in [-0.39, 0.29) is 6.04 Å². The first-order chi connectivity index (χ1) is 15.5. The van der Waals surface area contributed by atoms with Gasteiger partial charge >= 0.3 is 0 Å². The van der Waals surface area contributed by atoms with Gasteiger partial charge in [-0.2, -0.15) is 5.10 Å². The van der Waals surface area contributed by atoms with E-state index in [1.165, 1.54) is 19.2 Å². The number of nitrogens with one attached hydrogen (secondary N) is 1. The van der Waals surface area contributed by atoms with E-state index >= 15 is 0 Å². The summed E-state index contributed by atoms with van der Waals surface area (Å²) in [6.45, 7) is 4.88. The quantitative estimate of drug-likeness (QED) is 0.571. The summed E-state index contributed by atoms with van der Waals surface area (Å²) in [5, 5.41) is 18.3. The van der Waals surface area contributed by atoms with E-state index < -0.39 is 5.60 Å². The number of hydrogen-bond acceptors (Lipinski definition) is 8. The monoisotopic (exact) mass is 436 g/mol. The predicted molar refractivity (Wildman–Crippen MR) is 118 cm³/mol. The molecule has 2 N–H and O–H groups in total. The molecule has 0 atom stereocenters. The fourth-order valence-corrected chi connectivity index (χ4v) is 3.80. The third kappa shape index (κ3) is 4.73. The van der Waals surface area contributed by atoms with Crippen molar-refractivity contribution in [3.8, 4) is 11.8 Å². The lowest BCUT2D eigenvalue weighted by atomic mass is 10.0. The van der Waals surface area contributed by atoms with Crippen molar-refractivity contribution in [2.45, 2.75) is 57.1 Å². The van der Waals surface area contributed by atoms with E-state index in [9.17, 15) is 5.11 Å². The van der Waals surface area contributed by atoms with Crippen molar-refractivity contribution in [3.05, 3.63) is 48.2 Å². The van der Waals surface area contributed by atoms with Crippen molar-refractivity contribution in [3.63, 3.8) is 0 Å². The molecule has 2 fully saturated rings. The zero-order chi connectivity index (χ0) is 22.1. The van der Waals surface area contributed by atoms with Gasteiger partial charge < -0.3 is 19.9 Å². The van der Waals surface area contributed by atoms with Crippen LogP contribution >= 0.6 is 0 Å². The molecule has 0 spiro atoms. The van der Waals surface area contributed by atoms with Crippen LogP contribution in [0.2, 0.25) is 0 Å². The van der Waals surface area contributed by atoms with E-state index in [4.69, 9.17) is 14.6 Å². The Labute approximate surface area is 186 Å². The molecular weight excluding hydrogens is 408 g/mol. The molecule has 0 amide bonds. The fourth-order valence-electron chi connectivity index (χ4n) is 3.80. The molecule has 1 saturated heterocycles. The van der Waals surface area contributed by atoms with Crippen molar-refractivity contribution in [1.82, 2.24) is 24.7 Å². The Morgan fingerprint density at radius 3 is 2.66 bits per heavy atom. The standard InChI is InChI=1S/C23H28N6O3/c1-23(2,30)19-11-16(5-8-24-19)27-20-13-21(26-14-25-20)32-22-12-18(15-3-4-15)28-29(22)17-6-9-31-10-7-17/h5,8,11-15,17,30H,3-4,6-7,9-10H2,1-2H3,(H,24,25,26,27). The number of pyridine rings is 1. The smallest absolute Gasteiger partial charge is 0.226 e. The van der Waals surface area contributed by atoms with Crippen LogP contribution in [-0.4, -0.2) is 43.1 Å². The number of anilines is 2. The Kier molecular flexibility index (Phi) is 5.52. The molecule has 3 aromatic heterocycles. The van der Waals surface area contributed by atoms with Crippen LogP contribution in [-0.2, 0) is 10.3 Å². The summed E-state index contributed by atoms with van der Waals surface area (Å²) in [7, 11) is 0. The van der Waals surface area contributed by atoms with Gasteiger partial charge in [0.25, 0.3) is 0 Å². The minimum atomic E-state index is -1.03. The van der Waals surface area contributed by atoms with E-state index in [1.807, 2.05) is 16.8 Å². The molecule has 0 bridgehead atoms. The van der Waals surface area contributed by atoms with Crippen LogP contribution in [0.3, 0.4) is 0 Å². The highest BCUT2D eigenvalue weighted by Gasteiger charge is 2.30. The maximum absolute atomic E-state index is 10.2. The molecule has 1 aliphatic heterocycles. The molecule has 1 saturated carbocycles. The first kappa shape index (κ1) is 20.8. The van der Waals surface area contributed by atoms with Gasteiger partial charge in [0, 0.05) is 43.1 Å². The molecule has 2 aliphatic rings. The van der Waals surface area contributed by atoms with Crippen molar-refractivity contribution < 1.29 is 14.6 Å². The number of rotatable bonds is 7. The third-order valence-corrected chi connectivity index (χ3v) is 5.76. The topological polar surface area (TPSA) is 107 Å². The first-order valence-electron chi connectivity index (χ1n) is 11.1. The Balaban J connectivity index is 1.36. The summed E-state index contributed by atoms with van der Waals surface area (Å²) in [6, 6.07) is 7.68. The minimum Gasteiger partial charge on any atom is -0.421 e. The van der Waals surface area contributed by atoms with Crippen LogP contribution in [0, 0.1) is 0 Å². The fraction of sp³-hybridized carbons (Fsp3) is 0.478. The van der Waals surface area contributed by atoms with E-state index in [2.05, 4.69) is 20.3 Å². The first-order valence-corrected chi connectivity index (χ1v) is 11.1. The minimum absolute atomic E-state index is 0.266. The molecule has 4 heterocycles. The Morgan fingerprint density at radius 1 is 1.09 bits per heavy atom. The number of ether oxygens (including phenoxy) is 2. The van der Waals surface area contributed by atoms with Gasteiger partial charge in [-0.3, -0.25) is 4.98 Å². The highest BCUT2D eigenvalue weighted by Crippen LogP contribution is 2.42. The van der Waals surface area contributed by atoms with Crippen LogP contribution in [0.25, 0.3) is 0 Å². The molecule has 0 unspecified atom stereocenters. The number of aromatic nitrogens is 5. The van der Waals surface area contributed by atoms with Crippen LogP contribution in [0.15, 0.2) is 36.8 Å². The van der Waals surface area contributed by atoms with Gasteiger partial charge in [-0.25, -0.2) is 14.6 Å². The van der Waals surface area contributed by atoms with Gasteiger partial charge in [-0.15, -0.1) is 0 Å². The normalized spacial score (nSPS) is 17.3. The van der Waals surface area contributed by atoms with Gasteiger partial charge in [0.1, 0.15) is 17.7 Å². The van der Waals surface area contributed by atoms with Gasteiger partial charge in [0.15, 0.2) is 0 Å². The summed E-state index contributed by atoms with van der Waals surface area (Å²) in [4.78, 5) is 12.8. The highest BCUT2D eigenvalue weighted by atomic mass is 16.5. The van der Waals surface area contributed by atoms with Crippen molar-refractivity contribution in [2.75, 3.05) is 18.5 Å². The summed E-state index contributed by atoms with van der Waals surface area (Å²) in [6.07, 6.45) is 7.33. The Bertz CT molecular complexity index is 1080. The molecule has 1 aliphatic carbocycles. The lowest BCUT2D eigenvalue weighted by Gasteiger charge is -2.23. The van der Waals surface area contributed by atoms with Crippen molar-refractivity contribution in [2.24, 2.45) is 0 Å². The molecule has 0 aromatic carbocycles. The number of aliphatic hydroxyl groups is 1. The molecule has 3 aromatic rings. The average Bonchev–Trinajstić information content (AvgIpc) is 3.55. The van der Waals surface area contributed by atoms with Crippen molar-refractivity contribution >= 4 is 11.5 Å². The predicted octanol–water partition coefficient (Wildman–Crippen LogP) is 4.06. The third-order valence-electron chi connectivity index (χ3n) is 5.76. The highest BCUT2D eigenvalue weighted by molar-refractivity contribution is 5.57. The summed E-state index contributed by atoms with van der Waals surface area (Å²) in [5.74, 6) is 2.27. The van der Waals surface area contributed by atoms with E-state index in [0.29, 0.717) is 29.2 Å². The number of hydrogen-bond donors (Lipinski definition) is 2. The van der Waals surface area contributed by atoms with E-state index in [1.54, 1.807) is 32.2 Å². The van der Waals surface area contributed by atoms with Crippen LogP contribution in [0.5, 0.6) is 11.8 Å². The molecule has 0 radical (unpaired) electrons. The molecule has 9 nitrogen and oxygen atoms in total. The molecule has 32 heavy (non-hydrogen) atoms. The largest absolute Gasteiger partial charge is 0.421 e. The lowest BCUT2D eigenvalue weighted by Crippen LogP contribution is -2.21. The SMILES string of the molecule is CC(C)(O)c1cc(Nc2cc(Oc3cc(C4CC4)nn3C3CCOCC3)ncn2)ccn1. The molecule has 5 rings (SSSR count). The summed E-state index contributed by atoms with van der Waals surface area (Å²) in [5.41, 5.74) is 1.40. The summed E-state index contributed by atoms with van der Waals surface area (Å²) < 4.78 is 13.7. The van der Waals surface area contributed by atoms with Gasteiger partial charge in [-0.1, -0.05) is 0 Å². The second kappa shape index (κ2) is 8.48. The van der Waals surface area contributed by atoms with Crippen molar-refractivity contribution in [1.29, 1.82) is 0 Å². The van der Waals surface area contributed by atoms with Gasteiger partial charge in [-0.05, 0) is 51.7 Å². The maximum Gasteiger partial charge on any atom is 0.226 e.